The van der Waals surface area contributed by atoms with Crippen LogP contribution in [0.5, 0.6) is 0 Å². The predicted octanol–water partition coefficient (Wildman–Crippen LogP) is 2.98. The highest BCUT2D eigenvalue weighted by atomic mass is 19.3. The Labute approximate surface area is 129 Å². The van der Waals surface area contributed by atoms with Gasteiger partial charge in [0.05, 0.1) is 5.56 Å². The quantitative estimate of drug-likeness (QED) is 0.829. The maximum atomic E-state index is 14.2. The third-order valence-electron chi connectivity index (χ3n) is 3.36. The van der Waals surface area contributed by atoms with Gasteiger partial charge in [0.25, 0.3) is 11.8 Å². The van der Waals surface area contributed by atoms with Gasteiger partial charge in [0, 0.05) is 6.42 Å². The molecule has 2 rings (SSSR count). The van der Waals surface area contributed by atoms with Crippen molar-refractivity contribution < 1.29 is 27.5 Å². The second-order valence-electron chi connectivity index (χ2n) is 5.03. The molecule has 0 spiro atoms. The van der Waals surface area contributed by atoms with E-state index >= 15 is 0 Å². The number of hydrogen-bond acceptors (Lipinski definition) is 2. The molecule has 0 saturated heterocycles. The fourth-order valence-electron chi connectivity index (χ4n) is 2.15. The fraction of sp³-hybridized carbons (Fsp3) is 0.188. The van der Waals surface area contributed by atoms with Crippen molar-refractivity contribution in [2.75, 3.05) is 0 Å². The lowest BCUT2D eigenvalue weighted by molar-refractivity contribution is -0.110. The lowest BCUT2D eigenvalue weighted by Gasteiger charge is -2.23. The Morgan fingerprint density at radius 2 is 1.74 bits per heavy atom. The van der Waals surface area contributed by atoms with E-state index in [1.807, 2.05) is 0 Å². The minimum absolute atomic E-state index is 0.206. The molecule has 0 fully saturated rings. The highest BCUT2D eigenvalue weighted by Gasteiger charge is 2.40. The number of hydrogen-bond donors (Lipinski definition) is 2. The van der Waals surface area contributed by atoms with Crippen LogP contribution >= 0.6 is 0 Å². The predicted molar refractivity (Wildman–Crippen MR) is 74.9 cm³/mol. The molecule has 2 aromatic carbocycles. The van der Waals surface area contributed by atoms with Crippen molar-refractivity contribution in [2.24, 2.45) is 5.73 Å². The van der Waals surface area contributed by atoms with Gasteiger partial charge in [0.15, 0.2) is 0 Å². The number of rotatable bonds is 5. The summed E-state index contributed by atoms with van der Waals surface area (Å²) in [5, 5.41) is 9.78. The molecule has 1 unspecified atom stereocenters. The van der Waals surface area contributed by atoms with Gasteiger partial charge >= 0.3 is 0 Å². The molecule has 1 atom stereocenters. The van der Waals surface area contributed by atoms with Crippen molar-refractivity contribution in [1.82, 2.24) is 0 Å². The Hall–Kier alpha value is -2.41. The van der Waals surface area contributed by atoms with E-state index in [0.29, 0.717) is 0 Å². The molecule has 7 heteroatoms. The molecule has 0 heterocycles. The summed E-state index contributed by atoms with van der Waals surface area (Å²) in [7, 11) is 0. The third kappa shape index (κ3) is 3.68. The van der Waals surface area contributed by atoms with E-state index in [0.717, 1.165) is 36.4 Å². The number of aliphatic hydroxyl groups is 1. The molecular weight excluding hydrogens is 314 g/mol. The fourth-order valence-corrected chi connectivity index (χ4v) is 2.15. The summed E-state index contributed by atoms with van der Waals surface area (Å²) in [6.45, 7) is 0. The SMILES string of the molecule is NC(=O)c1cccc(CC(F)(F)C(O)c2ccc(F)cc2)c1F. The van der Waals surface area contributed by atoms with Crippen molar-refractivity contribution in [3.63, 3.8) is 0 Å². The first-order valence-electron chi connectivity index (χ1n) is 6.61. The average Bonchev–Trinajstić information content (AvgIpc) is 2.49. The maximum absolute atomic E-state index is 14.2. The first-order chi connectivity index (χ1) is 10.7. The third-order valence-corrected chi connectivity index (χ3v) is 3.36. The zero-order valence-corrected chi connectivity index (χ0v) is 11.8. The van der Waals surface area contributed by atoms with E-state index in [4.69, 9.17) is 5.73 Å². The molecular formula is C16H13F4NO2. The largest absolute Gasteiger partial charge is 0.382 e. The van der Waals surface area contributed by atoms with Crippen LogP contribution in [0, 0.1) is 11.6 Å². The van der Waals surface area contributed by atoms with Crippen molar-refractivity contribution >= 4 is 5.91 Å². The number of primary amides is 1. The van der Waals surface area contributed by atoms with E-state index in [2.05, 4.69) is 0 Å². The minimum Gasteiger partial charge on any atom is -0.382 e. The van der Waals surface area contributed by atoms with Gasteiger partial charge in [-0.05, 0) is 29.3 Å². The van der Waals surface area contributed by atoms with Crippen LogP contribution in [0.25, 0.3) is 0 Å². The molecule has 0 aliphatic carbocycles. The molecule has 0 aromatic heterocycles. The molecule has 0 saturated carbocycles. The van der Waals surface area contributed by atoms with Crippen LogP contribution in [0.15, 0.2) is 42.5 Å². The number of benzene rings is 2. The van der Waals surface area contributed by atoms with Crippen LogP contribution in [-0.4, -0.2) is 16.9 Å². The number of amides is 1. The van der Waals surface area contributed by atoms with Crippen molar-refractivity contribution in [3.05, 3.63) is 70.8 Å². The number of aliphatic hydroxyl groups excluding tert-OH is 1. The van der Waals surface area contributed by atoms with Crippen LogP contribution in [0.1, 0.15) is 27.6 Å². The van der Waals surface area contributed by atoms with Crippen molar-refractivity contribution in [2.45, 2.75) is 18.4 Å². The monoisotopic (exact) mass is 327 g/mol. The zero-order chi connectivity index (χ0) is 17.2. The molecule has 3 N–H and O–H groups in total. The Morgan fingerprint density at radius 1 is 1.13 bits per heavy atom. The van der Waals surface area contributed by atoms with E-state index in [-0.39, 0.29) is 5.56 Å². The second kappa shape index (κ2) is 6.37. The molecule has 0 aliphatic heterocycles. The molecule has 1 amide bonds. The topological polar surface area (TPSA) is 63.3 Å². The Morgan fingerprint density at radius 3 is 2.30 bits per heavy atom. The molecule has 0 aliphatic rings. The Bertz CT molecular complexity index is 717. The van der Waals surface area contributed by atoms with Crippen LogP contribution in [-0.2, 0) is 6.42 Å². The van der Waals surface area contributed by atoms with Crippen molar-refractivity contribution in [3.8, 4) is 0 Å². The number of carbonyl (C=O) groups is 1. The first-order valence-corrected chi connectivity index (χ1v) is 6.61. The first kappa shape index (κ1) is 17.0. The summed E-state index contributed by atoms with van der Waals surface area (Å²) >= 11 is 0. The number of halogens is 4. The molecule has 2 aromatic rings. The summed E-state index contributed by atoms with van der Waals surface area (Å²) in [5.74, 6) is -6.59. The van der Waals surface area contributed by atoms with Crippen molar-refractivity contribution in [1.29, 1.82) is 0 Å². The molecule has 0 bridgehead atoms. The van der Waals surface area contributed by atoms with E-state index in [1.54, 1.807) is 0 Å². The van der Waals surface area contributed by atoms with E-state index < -0.39 is 47.1 Å². The highest BCUT2D eigenvalue weighted by molar-refractivity contribution is 5.93. The molecule has 122 valence electrons. The van der Waals surface area contributed by atoms with Crippen LogP contribution in [0.4, 0.5) is 17.6 Å². The summed E-state index contributed by atoms with van der Waals surface area (Å²) < 4.78 is 55.2. The summed E-state index contributed by atoms with van der Waals surface area (Å²) in [6, 6.07) is 7.28. The number of alkyl halides is 2. The van der Waals surface area contributed by atoms with Crippen LogP contribution in [0.2, 0.25) is 0 Å². The lowest BCUT2D eigenvalue weighted by Crippen LogP contribution is -2.29. The summed E-state index contributed by atoms with van der Waals surface area (Å²) in [5.41, 5.74) is 3.80. The van der Waals surface area contributed by atoms with Gasteiger partial charge in [-0.2, -0.15) is 0 Å². The average molecular weight is 327 g/mol. The Kier molecular flexibility index (Phi) is 4.70. The number of nitrogens with two attached hydrogens (primary N) is 1. The van der Waals surface area contributed by atoms with Gasteiger partial charge in [-0.25, -0.2) is 17.6 Å². The standard InChI is InChI=1S/C16H13F4NO2/c17-11-6-4-9(5-7-11)14(22)16(19,20)8-10-2-1-3-12(13(10)18)15(21)23/h1-7,14,22H,8H2,(H2,21,23). The summed E-state index contributed by atoms with van der Waals surface area (Å²) in [6.07, 6.45) is -3.39. The van der Waals surface area contributed by atoms with Crippen LogP contribution < -0.4 is 5.73 Å². The highest BCUT2D eigenvalue weighted by Crippen LogP contribution is 2.35. The van der Waals surface area contributed by atoms with Gasteiger partial charge in [-0.1, -0.05) is 24.3 Å². The maximum Gasteiger partial charge on any atom is 0.281 e. The lowest BCUT2D eigenvalue weighted by atomic mass is 9.96. The Balaban J connectivity index is 2.29. The van der Waals surface area contributed by atoms with Gasteiger partial charge < -0.3 is 10.8 Å². The number of carbonyl (C=O) groups excluding carboxylic acids is 1. The zero-order valence-electron chi connectivity index (χ0n) is 11.8. The second-order valence-corrected chi connectivity index (χ2v) is 5.03. The normalized spacial score (nSPS) is 12.9. The minimum atomic E-state index is -3.73. The smallest absolute Gasteiger partial charge is 0.281 e. The molecule has 23 heavy (non-hydrogen) atoms. The van der Waals surface area contributed by atoms with Gasteiger partial charge in [0.2, 0.25) is 0 Å². The van der Waals surface area contributed by atoms with E-state index in [1.165, 1.54) is 6.07 Å². The molecule has 3 nitrogen and oxygen atoms in total. The molecule has 0 radical (unpaired) electrons. The van der Waals surface area contributed by atoms with Gasteiger partial charge in [-0.15, -0.1) is 0 Å². The van der Waals surface area contributed by atoms with E-state index in [9.17, 15) is 27.5 Å². The van der Waals surface area contributed by atoms with Crippen LogP contribution in [0.3, 0.4) is 0 Å². The van der Waals surface area contributed by atoms with Gasteiger partial charge in [0.1, 0.15) is 17.7 Å². The van der Waals surface area contributed by atoms with Gasteiger partial charge in [-0.3, -0.25) is 4.79 Å². The summed E-state index contributed by atoms with van der Waals surface area (Å²) in [4.78, 5) is 11.0.